The van der Waals surface area contributed by atoms with Gasteiger partial charge in [-0.25, -0.2) is 0 Å². The van der Waals surface area contributed by atoms with E-state index in [-0.39, 0.29) is 5.91 Å². The Bertz CT molecular complexity index is 423. The average molecular weight is 215 g/mol. The first-order valence-electron chi connectivity index (χ1n) is 5.81. The van der Waals surface area contributed by atoms with E-state index in [9.17, 15) is 4.79 Å². The molecule has 0 saturated carbocycles. The molecule has 84 valence electrons. The molecule has 1 aromatic rings. The molecule has 1 heterocycles. The van der Waals surface area contributed by atoms with E-state index in [0.717, 1.165) is 42.6 Å². The van der Waals surface area contributed by atoms with Crippen LogP contribution < -0.4 is 0 Å². The topological polar surface area (TPSA) is 20.3 Å². The summed E-state index contributed by atoms with van der Waals surface area (Å²) in [6.07, 6.45) is 3.98. The van der Waals surface area contributed by atoms with Crippen LogP contribution in [-0.2, 0) is 6.54 Å². The Morgan fingerprint density at radius 2 is 2.31 bits per heavy atom. The molecular weight excluding hydrogens is 198 g/mol. The van der Waals surface area contributed by atoms with Crippen LogP contribution in [0.15, 0.2) is 24.8 Å². The maximum absolute atomic E-state index is 12.1. The first-order valence-corrected chi connectivity index (χ1v) is 5.81. The molecule has 2 nitrogen and oxygen atoms in total. The molecule has 2 heteroatoms. The molecule has 16 heavy (non-hydrogen) atoms. The Kier molecular flexibility index (Phi) is 3.09. The largest absolute Gasteiger partial charge is 0.334 e. The third-order valence-corrected chi connectivity index (χ3v) is 3.03. The van der Waals surface area contributed by atoms with Crippen LogP contribution in [-0.4, -0.2) is 17.4 Å². The highest BCUT2D eigenvalue weighted by Gasteiger charge is 2.26. The van der Waals surface area contributed by atoms with Crippen LogP contribution in [0.4, 0.5) is 0 Å². The lowest BCUT2D eigenvalue weighted by Gasteiger charge is -2.14. The number of nitrogens with zero attached hydrogens (tertiary/aromatic N) is 1. The Morgan fingerprint density at radius 1 is 1.50 bits per heavy atom. The predicted octanol–water partition coefficient (Wildman–Crippen LogP) is 3.09. The van der Waals surface area contributed by atoms with Gasteiger partial charge in [0.05, 0.1) is 0 Å². The van der Waals surface area contributed by atoms with Gasteiger partial charge in [-0.05, 0) is 23.6 Å². The van der Waals surface area contributed by atoms with Gasteiger partial charge in [-0.2, -0.15) is 0 Å². The fraction of sp³-hybridized carbons (Fsp3) is 0.357. The van der Waals surface area contributed by atoms with Crippen molar-refractivity contribution in [2.45, 2.75) is 26.3 Å². The van der Waals surface area contributed by atoms with Crippen molar-refractivity contribution >= 4 is 12.0 Å². The molecule has 1 amide bonds. The lowest BCUT2D eigenvalue weighted by Crippen LogP contribution is -2.24. The zero-order chi connectivity index (χ0) is 11.5. The van der Waals surface area contributed by atoms with Crippen molar-refractivity contribution in [2.75, 3.05) is 6.54 Å². The van der Waals surface area contributed by atoms with Gasteiger partial charge in [-0.1, -0.05) is 38.1 Å². The predicted molar refractivity (Wildman–Crippen MR) is 66.2 cm³/mol. The maximum atomic E-state index is 12.1. The van der Waals surface area contributed by atoms with Gasteiger partial charge >= 0.3 is 0 Å². The lowest BCUT2D eigenvalue weighted by atomic mass is 10.1. The molecular formula is C14H17NO. The summed E-state index contributed by atoms with van der Waals surface area (Å²) in [5, 5.41) is 0. The second kappa shape index (κ2) is 4.52. The van der Waals surface area contributed by atoms with Crippen LogP contribution in [0, 0.1) is 0 Å². The summed E-state index contributed by atoms with van der Waals surface area (Å²) < 4.78 is 0. The minimum Gasteiger partial charge on any atom is -0.334 e. The van der Waals surface area contributed by atoms with Gasteiger partial charge in [0.15, 0.2) is 0 Å². The molecule has 0 N–H and O–H groups in total. The second-order valence-electron chi connectivity index (χ2n) is 4.20. The van der Waals surface area contributed by atoms with E-state index in [1.165, 1.54) is 0 Å². The maximum Gasteiger partial charge on any atom is 0.254 e. The smallest absolute Gasteiger partial charge is 0.254 e. The van der Waals surface area contributed by atoms with Crippen LogP contribution in [0.5, 0.6) is 0 Å². The standard InChI is InChI=1S/C14H17NO/c1-3-5-8-15-10-12-7-6-11(4-2)9-13(12)14(15)16/h4,6-7,9H,2-3,5,8,10H2,1H3. The lowest BCUT2D eigenvalue weighted by molar-refractivity contribution is 0.0776. The summed E-state index contributed by atoms with van der Waals surface area (Å²) in [6.45, 7) is 7.51. The molecule has 1 aliphatic rings. The number of amides is 1. The van der Waals surface area contributed by atoms with Crippen LogP contribution in [0.2, 0.25) is 0 Å². The first-order chi connectivity index (χ1) is 7.76. The van der Waals surface area contributed by atoms with E-state index < -0.39 is 0 Å². The minimum absolute atomic E-state index is 0.173. The molecule has 0 aromatic heterocycles. The highest BCUT2D eigenvalue weighted by Crippen LogP contribution is 2.24. The van der Waals surface area contributed by atoms with E-state index in [4.69, 9.17) is 0 Å². The molecule has 0 bridgehead atoms. The molecule has 2 rings (SSSR count). The molecule has 0 unspecified atom stereocenters. The van der Waals surface area contributed by atoms with E-state index in [1.54, 1.807) is 6.08 Å². The average Bonchev–Trinajstić information content (AvgIpc) is 2.63. The van der Waals surface area contributed by atoms with E-state index in [1.807, 2.05) is 23.1 Å². The number of hydrogen-bond acceptors (Lipinski definition) is 1. The van der Waals surface area contributed by atoms with Gasteiger partial charge in [0.2, 0.25) is 0 Å². The monoisotopic (exact) mass is 215 g/mol. The van der Waals surface area contributed by atoms with Gasteiger partial charge in [-0.15, -0.1) is 0 Å². The molecule has 0 aliphatic carbocycles. The SMILES string of the molecule is C=Cc1ccc2c(c1)C(=O)N(CCCC)C2. The summed E-state index contributed by atoms with van der Waals surface area (Å²) in [7, 11) is 0. The number of rotatable bonds is 4. The number of benzene rings is 1. The number of hydrogen-bond donors (Lipinski definition) is 0. The molecule has 1 aliphatic heterocycles. The van der Waals surface area contributed by atoms with Crippen molar-refractivity contribution in [1.29, 1.82) is 0 Å². The van der Waals surface area contributed by atoms with Crippen molar-refractivity contribution in [2.24, 2.45) is 0 Å². The van der Waals surface area contributed by atoms with Crippen molar-refractivity contribution in [3.8, 4) is 0 Å². The fourth-order valence-corrected chi connectivity index (χ4v) is 2.04. The van der Waals surface area contributed by atoms with Gasteiger partial charge < -0.3 is 4.90 Å². The second-order valence-corrected chi connectivity index (χ2v) is 4.20. The zero-order valence-electron chi connectivity index (χ0n) is 9.70. The van der Waals surface area contributed by atoms with Crippen molar-refractivity contribution in [3.63, 3.8) is 0 Å². The third-order valence-electron chi connectivity index (χ3n) is 3.03. The summed E-state index contributed by atoms with van der Waals surface area (Å²) in [5.41, 5.74) is 3.02. The van der Waals surface area contributed by atoms with E-state index in [0.29, 0.717) is 0 Å². The summed E-state index contributed by atoms with van der Waals surface area (Å²) in [4.78, 5) is 14.0. The van der Waals surface area contributed by atoms with Gasteiger partial charge in [0, 0.05) is 18.7 Å². The summed E-state index contributed by atoms with van der Waals surface area (Å²) in [5.74, 6) is 0.173. The Balaban J connectivity index is 2.21. The number of carbonyl (C=O) groups excluding carboxylic acids is 1. The number of fused-ring (bicyclic) bond motifs is 1. The van der Waals surface area contributed by atoms with E-state index in [2.05, 4.69) is 13.5 Å². The molecule has 0 fully saturated rings. The van der Waals surface area contributed by atoms with Crippen LogP contribution in [0.25, 0.3) is 6.08 Å². The minimum atomic E-state index is 0.173. The summed E-state index contributed by atoms with van der Waals surface area (Å²) in [6, 6.07) is 6.00. The van der Waals surface area contributed by atoms with Gasteiger partial charge in [0.1, 0.15) is 0 Å². The van der Waals surface area contributed by atoms with Crippen molar-refractivity contribution in [3.05, 3.63) is 41.5 Å². The quantitative estimate of drug-likeness (QED) is 0.755. The van der Waals surface area contributed by atoms with Crippen LogP contribution in [0.1, 0.15) is 41.3 Å². The Hall–Kier alpha value is -1.57. The first kappa shape index (κ1) is 10.9. The summed E-state index contributed by atoms with van der Waals surface area (Å²) >= 11 is 0. The number of carbonyl (C=O) groups is 1. The molecule has 0 saturated heterocycles. The third kappa shape index (κ3) is 1.87. The van der Waals surface area contributed by atoms with Crippen LogP contribution >= 0.6 is 0 Å². The van der Waals surface area contributed by atoms with Gasteiger partial charge in [-0.3, -0.25) is 4.79 Å². The normalized spacial score (nSPS) is 14.1. The highest BCUT2D eigenvalue weighted by atomic mass is 16.2. The van der Waals surface area contributed by atoms with E-state index >= 15 is 0 Å². The molecule has 1 aromatic carbocycles. The Morgan fingerprint density at radius 3 is 3.00 bits per heavy atom. The number of unbranched alkanes of at least 4 members (excludes halogenated alkanes) is 1. The van der Waals surface area contributed by atoms with Crippen molar-refractivity contribution < 1.29 is 4.79 Å². The van der Waals surface area contributed by atoms with Crippen LogP contribution in [0.3, 0.4) is 0 Å². The molecule has 0 spiro atoms. The fourth-order valence-electron chi connectivity index (χ4n) is 2.04. The van der Waals surface area contributed by atoms with Crippen molar-refractivity contribution in [1.82, 2.24) is 4.90 Å². The van der Waals surface area contributed by atoms with Gasteiger partial charge in [0.25, 0.3) is 5.91 Å². The zero-order valence-corrected chi connectivity index (χ0v) is 9.70. The molecule has 0 atom stereocenters. The highest BCUT2D eigenvalue weighted by molar-refractivity contribution is 5.98. The Labute approximate surface area is 96.6 Å². The molecule has 0 radical (unpaired) electrons.